The summed E-state index contributed by atoms with van der Waals surface area (Å²) < 4.78 is 10.5. The van der Waals surface area contributed by atoms with Gasteiger partial charge in [-0.05, 0) is 31.2 Å². The summed E-state index contributed by atoms with van der Waals surface area (Å²) in [5.74, 6) is -1.15. The van der Waals surface area contributed by atoms with Gasteiger partial charge in [0.25, 0.3) is 0 Å². The maximum absolute atomic E-state index is 11.6. The van der Waals surface area contributed by atoms with Crippen molar-refractivity contribution in [1.82, 2.24) is 0 Å². The van der Waals surface area contributed by atoms with Gasteiger partial charge in [-0.2, -0.15) is 0 Å². The molecule has 1 rings (SSSR count). The quantitative estimate of drug-likeness (QED) is 0.633. The predicted octanol–water partition coefficient (Wildman–Crippen LogP) is 2.09. The lowest BCUT2D eigenvalue weighted by atomic mass is 10.2. The third-order valence-corrected chi connectivity index (χ3v) is 2.77. The highest BCUT2D eigenvalue weighted by atomic mass is 79.9. The molecule has 0 saturated heterocycles. The van der Waals surface area contributed by atoms with Crippen molar-refractivity contribution in [1.29, 1.82) is 0 Å². The summed E-state index contributed by atoms with van der Waals surface area (Å²) in [6, 6.07) is 6.61. The monoisotopic (exact) mass is 342 g/mol. The second kappa shape index (κ2) is 7.81. The van der Waals surface area contributed by atoms with Crippen LogP contribution in [0.5, 0.6) is 0 Å². The zero-order valence-corrected chi connectivity index (χ0v) is 12.6. The normalized spacial score (nSPS) is 11.6. The van der Waals surface area contributed by atoms with E-state index in [1.807, 2.05) is 0 Å². The first kappa shape index (κ1) is 16.4. The fraction of sp³-hybridized carbons (Fsp3) is 0.286. The number of carbonyl (C=O) groups is 2. The molecular weight excluding hydrogens is 328 g/mol. The van der Waals surface area contributed by atoms with Crippen LogP contribution in [0.2, 0.25) is 0 Å². The van der Waals surface area contributed by atoms with Gasteiger partial charge in [-0.1, -0.05) is 22.5 Å². The van der Waals surface area contributed by atoms with Crippen LogP contribution >= 0.6 is 15.9 Å². The maximum atomic E-state index is 11.6. The first-order valence-electron chi connectivity index (χ1n) is 5.83. The molecule has 0 heterocycles. The van der Waals surface area contributed by atoms with Crippen LogP contribution in [0.15, 0.2) is 40.9 Å². The molecule has 1 unspecified atom stereocenters. The summed E-state index contributed by atoms with van der Waals surface area (Å²) >= 11 is 3.25. The van der Waals surface area contributed by atoms with E-state index in [0.717, 1.165) is 4.47 Å². The Hall–Kier alpha value is -1.66. The number of aliphatic hydroxyl groups excluding tert-OH is 1. The molecule has 20 heavy (non-hydrogen) atoms. The van der Waals surface area contributed by atoms with Gasteiger partial charge in [-0.25, -0.2) is 9.59 Å². The molecule has 1 aromatic rings. The molecule has 0 aromatic heterocycles. The highest BCUT2D eigenvalue weighted by Gasteiger charge is 2.13. The average molecular weight is 343 g/mol. The molecule has 0 aliphatic rings. The number of rotatable bonds is 6. The fourth-order valence-corrected chi connectivity index (χ4v) is 1.45. The highest BCUT2D eigenvalue weighted by Crippen LogP contribution is 2.11. The highest BCUT2D eigenvalue weighted by molar-refractivity contribution is 9.10. The van der Waals surface area contributed by atoms with E-state index >= 15 is 0 Å². The molecule has 1 N–H and O–H groups in total. The summed E-state index contributed by atoms with van der Waals surface area (Å²) in [6.45, 7) is 4.41. The third-order valence-electron chi connectivity index (χ3n) is 2.24. The van der Waals surface area contributed by atoms with E-state index < -0.39 is 18.0 Å². The summed E-state index contributed by atoms with van der Waals surface area (Å²) in [6.07, 6.45) is -1.07. The molecule has 108 valence electrons. The van der Waals surface area contributed by atoms with Gasteiger partial charge in [0.15, 0.2) is 0 Å². The molecule has 0 saturated carbocycles. The van der Waals surface area contributed by atoms with E-state index in [0.29, 0.717) is 5.56 Å². The SMILES string of the molecule is C=C(C)C(=O)OCC(O)COC(=O)c1ccc(Br)cc1. The minimum atomic E-state index is -1.07. The molecule has 0 aliphatic heterocycles. The number of carbonyl (C=O) groups excluding carboxylic acids is 2. The van der Waals surface area contributed by atoms with Crippen molar-refractivity contribution in [3.05, 3.63) is 46.5 Å². The van der Waals surface area contributed by atoms with Gasteiger partial charge in [0.1, 0.15) is 19.3 Å². The summed E-state index contributed by atoms with van der Waals surface area (Å²) in [7, 11) is 0. The topological polar surface area (TPSA) is 72.8 Å². The van der Waals surface area contributed by atoms with Crippen LogP contribution in [0.3, 0.4) is 0 Å². The Labute approximate surface area is 125 Å². The Morgan fingerprint density at radius 3 is 2.35 bits per heavy atom. The number of halogens is 1. The first-order chi connectivity index (χ1) is 9.40. The Bertz CT molecular complexity index is 495. The van der Waals surface area contributed by atoms with E-state index in [2.05, 4.69) is 22.5 Å². The average Bonchev–Trinajstić information content (AvgIpc) is 2.42. The second-order valence-corrected chi connectivity index (χ2v) is 5.05. The van der Waals surface area contributed by atoms with E-state index in [9.17, 15) is 14.7 Å². The van der Waals surface area contributed by atoms with Gasteiger partial charge < -0.3 is 14.6 Å². The Kier molecular flexibility index (Phi) is 6.41. The minimum absolute atomic E-state index is 0.240. The second-order valence-electron chi connectivity index (χ2n) is 4.14. The van der Waals surface area contributed by atoms with Gasteiger partial charge >= 0.3 is 11.9 Å². The number of ether oxygens (including phenoxy) is 2. The molecule has 0 amide bonds. The zero-order valence-electron chi connectivity index (χ0n) is 11.0. The smallest absolute Gasteiger partial charge is 0.338 e. The molecule has 0 aliphatic carbocycles. The third kappa shape index (κ3) is 5.54. The summed E-state index contributed by atoms with van der Waals surface area (Å²) in [5, 5.41) is 9.53. The zero-order chi connectivity index (χ0) is 15.1. The van der Waals surface area contributed by atoms with Crippen molar-refractivity contribution >= 4 is 27.9 Å². The van der Waals surface area contributed by atoms with Crippen LogP contribution in [-0.4, -0.2) is 36.4 Å². The van der Waals surface area contributed by atoms with E-state index in [4.69, 9.17) is 9.47 Å². The van der Waals surface area contributed by atoms with E-state index in [1.165, 1.54) is 6.92 Å². The predicted molar refractivity (Wildman–Crippen MR) is 76.2 cm³/mol. The molecule has 5 nitrogen and oxygen atoms in total. The number of hydrogen-bond acceptors (Lipinski definition) is 5. The standard InChI is InChI=1S/C14H15BrO5/c1-9(2)13(17)19-7-12(16)8-20-14(18)10-3-5-11(15)6-4-10/h3-6,12,16H,1,7-8H2,2H3. The number of aliphatic hydroxyl groups is 1. The van der Waals surface area contributed by atoms with Crippen LogP contribution in [0, 0.1) is 0 Å². The lowest BCUT2D eigenvalue weighted by Gasteiger charge is -2.12. The Morgan fingerprint density at radius 2 is 1.80 bits per heavy atom. The molecular formula is C14H15BrO5. The van der Waals surface area contributed by atoms with Gasteiger partial charge in [0.05, 0.1) is 5.56 Å². The van der Waals surface area contributed by atoms with Crippen LogP contribution in [0.1, 0.15) is 17.3 Å². The molecule has 0 fully saturated rings. The lowest BCUT2D eigenvalue weighted by Crippen LogP contribution is -2.25. The largest absolute Gasteiger partial charge is 0.459 e. The van der Waals surface area contributed by atoms with E-state index in [-0.39, 0.29) is 18.8 Å². The van der Waals surface area contributed by atoms with Crippen molar-refractivity contribution in [3.8, 4) is 0 Å². The molecule has 0 spiro atoms. The fourth-order valence-electron chi connectivity index (χ4n) is 1.18. The van der Waals surface area contributed by atoms with Gasteiger partial charge in [-0.3, -0.25) is 0 Å². The number of benzene rings is 1. The van der Waals surface area contributed by atoms with Crippen molar-refractivity contribution < 1.29 is 24.2 Å². The van der Waals surface area contributed by atoms with Crippen molar-refractivity contribution in [2.45, 2.75) is 13.0 Å². The van der Waals surface area contributed by atoms with Gasteiger partial charge in [0, 0.05) is 10.0 Å². The summed E-state index contributed by atoms with van der Waals surface area (Å²) in [4.78, 5) is 22.7. The van der Waals surface area contributed by atoms with Crippen LogP contribution in [0.4, 0.5) is 0 Å². The Balaban J connectivity index is 2.35. The minimum Gasteiger partial charge on any atom is -0.459 e. The first-order valence-corrected chi connectivity index (χ1v) is 6.63. The van der Waals surface area contributed by atoms with E-state index in [1.54, 1.807) is 24.3 Å². The number of esters is 2. The molecule has 0 radical (unpaired) electrons. The van der Waals surface area contributed by atoms with Gasteiger partial charge in [0.2, 0.25) is 0 Å². The lowest BCUT2D eigenvalue weighted by molar-refractivity contribution is -0.142. The van der Waals surface area contributed by atoms with Crippen molar-refractivity contribution in [3.63, 3.8) is 0 Å². The Morgan fingerprint density at radius 1 is 1.25 bits per heavy atom. The molecule has 1 atom stereocenters. The molecule has 6 heteroatoms. The summed E-state index contributed by atoms with van der Waals surface area (Å²) in [5.41, 5.74) is 0.614. The van der Waals surface area contributed by atoms with Crippen LogP contribution in [-0.2, 0) is 14.3 Å². The van der Waals surface area contributed by atoms with Gasteiger partial charge in [-0.15, -0.1) is 0 Å². The number of hydrogen-bond donors (Lipinski definition) is 1. The van der Waals surface area contributed by atoms with Crippen LogP contribution < -0.4 is 0 Å². The molecule has 1 aromatic carbocycles. The van der Waals surface area contributed by atoms with Crippen molar-refractivity contribution in [2.24, 2.45) is 0 Å². The maximum Gasteiger partial charge on any atom is 0.338 e. The molecule has 0 bridgehead atoms. The van der Waals surface area contributed by atoms with Crippen molar-refractivity contribution in [2.75, 3.05) is 13.2 Å². The van der Waals surface area contributed by atoms with Crippen LogP contribution in [0.25, 0.3) is 0 Å².